The first-order valence-corrected chi connectivity index (χ1v) is 10.5. The third-order valence-corrected chi connectivity index (χ3v) is 5.67. The van der Waals surface area contributed by atoms with Crippen molar-refractivity contribution in [1.82, 2.24) is 15.0 Å². The molecule has 35 heavy (non-hydrogen) atoms. The molecule has 0 fully saturated rings. The van der Waals surface area contributed by atoms with Gasteiger partial charge in [-0.2, -0.15) is 0 Å². The van der Waals surface area contributed by atoms with E-state index < -0.39 is 11.9 Å². The van der Waals surface area contributed by atoms with Crippen LogP contribution < -0.4 is 11.5 Å². The molecule has 0 saturated carbocycles. The lowest BCUT2D eigenvalue weighted by Gasteiger charge is -2.13. The number of anilines is 2. The molecule has 0 saturated heterocycles. The second-order valence-electron chi connectivity index (χ2n) is 7.88. The molecular weight excluding hydrogens is 446 g/mol. The van der Waals surface area contributed by atoms with E-state index in [0.717, 1.165) is 0 Å². The number of para-hydroxylation sites is 1. The number of hydrogen-bond donors (Lipinski definition) is 5. The molecule has 3 aromatic carbocycles. The molecular formula is C26H19N5O4. The molecule has 0 spiro atoms. The van der Waals surface area contributed by atoms with Crippen LogP contribution in [0.1, 0.15) is 20.7 Å². The fourth-order valence-corrected chi connectivity index (χ4v) is 3.99. The minimum absolute atomic E-state index is 0.0237. The van der Waals surface area contributed by atoms with Gasteiger partial charge in [0.1, 0.15) is 5.69 Å². The average molecular weight is 465 g/mol. The van der Waals surface area contributed by atoms with Crippen LogP contribution in [0.25, 0.3) is 44.8 Å². The SMILES string of the molecule is Nc1ccc(-c2nc(-c3[nH]c4ccccc4c3C(=O)O)c(N)nc2-c2ccc(C(=O)O)cc2)cc1. The topological polar surface area (TPSA) is 168 Å². The maximum Gasteiger partial charge on any atom is 0.338 e. The normalized spacial score (nSPS) is 11.0. The predicted molar refractivity (Wildman–Crippen MR) is 133 cm³/mol. The maximum atomic E-state index is 12.2. The number of nitrogens with one attached hydrogen (secondary N) is 1. The molecule has 0 bridgehead atoms. The number of nitrogen functional groups attached to an aromatic ring is 2. The molecule has 7 N–H and O–H groups in total. The van der Waals surface area contributed by atoms with Crippen molar-refractivity contribution in [1.29, 1.82) is 0 Å². The van der Waals surface area contributed by atoms with Crippen LogP contribution in [-0.2, 0) is 0 Å². The minimum atomic E-state index is -1.12. The largest absolute Gasteiger partial charge is 0.478 e. The predicted octanol–water partition coefficient (Wildman–Crippen LogP) is 4.52. The number of aromatic amines is 1. The Balaban J connectivity index is 1.78. The van der Waals surface area contributed by atoms with Gasteiger partial charge in [-0.25, -0.2) is 19.6 Å². The molecule has 5 aromatic rings. The Hall–Kier alpha value is -5.18. The smallest absolute Gasteiger partial charge is 0.338 e. The molecule has 0 radical (unpaired) electrons. The monoisotopic (exact) mass is 465 g/mol. The number of nitrogens with two attached hydrogens (primary N) is 2. The van der Waals surface area contributed by atoms with Crippen molar-refractivity contribution >= 4 is 34.3 Å². The molecule has 9 nitrogen and oxygen atoms in total. The number of rotatable bonds is 5. The number of carboxylic acid groups (broad SMARTS) is 2. The molecule has 2 heterocycles. The number of carbonyl (C=O) groups is 2. The van der Waals surface area contributed by atoms with E-state index in [1.54, 1.807) is 60.7 Å². The summed E-state index contributed by atoms with van der Waals surface area (Å²) in [6.07, 6.45) is 0. The fourth-order valence-electron chi connectivity index (χ4n) is 3.99. The summed E-state index contributed by atoms with van der Waals surface area (Å²) in [4.78, 5) is 35.9. The fraction of sp³-hybridized carbons (Fsp3) is 0. The molecule has 2 aromatic heterocycles. The van der Waals surface area contributed by atoms with Crippen LogP contribution in [-0.4, -0.2) is 37.1 Å². The van der Waals surface area contributed by atoms with Crippen LogP contribution in [0, 0.1) is 0 Å². The Morgan fingerprint density at radius 2 is 1.31 bits per heavy atom. The number of benzene rings is 3. The first-order valence-electron chi connectivity index (χ1n) is 10.5. The Bertz CT molecular complexity index is 1610. The Labute approximate surface area is 198 Å². The summed E-state index contributed by atoms with van der Waals surface area (Å²) in [5, 5.41) is 19.7. The Morgan fingerprint density at radius 3 is 1.94 bits per heavy atom. The zero-order valence-corrected chi connectivity index (χ0v) is 18.2. The standard InChI is InChI=1S/C26H19N5O4/c27-16-11-9-14(10-12-16)20-21(13-5-7-15(8-6-13)25(32)33)31-24(28)23(30-20)22-19(26(34)35)17-3-1-2-4-18(17)29-22/h1-12,29H,27H2,(H2,28,31)(H,32,33)(H,34,35). The van der Waals surface area contributed by atoms with Gasteiger partial charge in [0.2, 0.25) is 0 Å². The lowest BCUT2D eigenvalue weighted by molar-refractivity contribution is 0.0687. The highest BCUT2D eigenvalue weighted by atomic mass is 16.4. The second-order valence-corrected chi connectivity index (χ2v) is 7.88. The van der Waals surface area contributed by atoms with Crippen LogP contribution in [0.5, 0.6) is 0 Å². The highest BCUT2D eigenvalue weighted by molar-refractivity contribution is 6.10. The van der Waals surface area contributed by atoms with Crippen LogP contribution in [0.2, 0.25) is 0 Å². The van der Waals surface area contributed by atoms with Gasteiger partial charge in [-0.05, 0) is 30.3 Å². The molecule has 9 heteroatoms. The van der Waals surface area contributed by atoms with Gasteiger partial charge < -0.3 is 26.7 Å². The lowest BCUT2D eigenvalue weighted by Crippen LogP contribution is -2.06. The molecule has 0 unspecified atom stereocenters. The average Bonchev–Trinajstić information content (AvgIpc) is 3.24. The molecule has 0 aliphatic rings. The summed E-state index contributed by atoms with van der Waals surface area (Å²) >= 11 is 0. The van der Waals surface area contributed by atoms with Gasteiger partial charge in [0.25, 0.3) is 0 Å². The van der Waals surface area contributed by atoms with Crippen molar-refractivity contribution in [2.45, 2.75) is 0 Å². The van der Waals surface area contributed by atoms with Gasteiger partial charge in [-0.15, -0.1) is 0 Å². The van der Waals surface area contributed by atoms with E-state index in [-0.39, 0.29) is 28.3 Å². The van der Waals surface area contributed by atoms with Crippen molar-refractivity contribution in [2.24, 2.45) is 0 Å². The Kier molecular flexibility index (Phi) is 5.14. The van der Waals surface area contributed by atoms with E-state index in [0.29, 0.717) is 39.1 Å². The van der Waals surface area contributed by atoms with Gasteiger partial charge in [-0.1, -0.05) is 42.5 Å². The number of nitrogens with zero attached hydrogens (tertiary/aromatic N) is 2. The molecule has 0 aliphatic heterocycles. The van der Waals surface area contributed by atoms with Crippen molar-refractivity contribution < 1.29 is 19.8 Å². The first-order chi connectivity index (χ1) is 16.8. The molecule has 172 valence electrons. The van der Waals surface area contributed by atoms with Crippen molar-refractivity contribution in [3.05, 3.63) is 83.9 Å². The zero-order chi connectivity index (χ0) is 24.7. The summed E-state index contributed by atoms with van der Waals surface area (Å²) < 4.78 is 0. The summed E-state index contributed by atoms with van der Waals surface area (Å²) in [5.41, 5.74) is 16.1. The van der Waals surface area contributed by atoms with E-state index in [4.69, 9.17) is 16.5 Å². The molecule has 0 aliphatic carbocycles. The van der Waals surface area contributed by atoms with E-state index >= 15 is 0 Å². The van der Waals surface area contributed by atoms with E-state index in [9.17, 15) is 19.8 Å². The number of aromatic carboxylic acids is 2. The van der Waals surface area contributed by atoms with E-state index in [2.05, 4.69) is 9.97 Å². The van der Waals surface area contributed by atoms with Gasteiger partial charge in [0, 0.05) is 27.7 Å². The molecule has 0 atom stereocenters. The number of H-pyrrole nitrogens is 1. The van der Waals surface area contributed by atoms with E-state index in [1.165, 1.54) is 12.1 Å². The highest BCUT2D eigenvalue weighted by Crippen LogP contribution is 2.37. The lowest BCUT2D eigenvalue weighted by atomic mass is 10.0. The van der Waals surface area contributed by atoms with Crippen LogP contribution in [0.15, 0.2) is 72.8 Å². The van der Waals surface area contributed by atoms with Gasteiger partial charge in [-0.3, -0.25) is 0 Å². The van der Waals surface area contributed by atoms with Crippen molar-refractivity contribution in [2.75, 3.05) is 11.5 Å². The third kappa shape index (κ3) is 3.80. The second kappa shape index (κ2) is 8.31. The summed E-state index contributed by atoms with van der Waals surface area (Å²) in [5.74, 6) is -2.15. The van der Waals surface area contributed by atoms with Crippen LogP contribution in [0.3, 0.4) is 0 Å². The maximum absolute atomic E-state index is 12.2. The quantitative estimate of drug-likeness (QED) is 0.236. The first kappa shape index (κ1) is 21.7. The number of hydrogen-bond acceptors (Lipinski definition) is 6. The number of fused-ring (bicyclic) bond motifs is 1. The van der Waals surface area contributed by atoms with Crippen LogP contribution in [0.4, 0.5) is 11.5 Å². The highest BCUT2D eigenvalue weighted by Gasteiger charge is 2.24. The van der Waals surface area contributed by atoms with Crippen molar-refractivity contribution in [3.8, 4) is 33.9 Å². The van der Waals surface area contributed by atoms with Gasteiger partial charge in [0.15, 0.2) is 5.82 Å². The van der Waals surface area contributed by atoms with Gasteiger partial charge in [0.05, 0.1) is 28.2 Å². The minimum Gasteiger partial charge on any atom is -0.478 e. The van der Waals surface area contributed by atoms with Crippen molar-refractivity contribution in [3.63, 3.8) is 0 Å². The summed E-state index contributed by atoms with van der Waals surface area (Å²) in [6, 6.07) is 20.2. The summed E-state index contributed by atoms with van der Waals surface area (Å²) in [7, 11) is 0. The van der Waals surface area contributed by atoms with Crippen LogP contribution >= 0.6 is 0 Å². The third-order valence-electron chi connectivity index (χ3n) is 5.67. The Morgan fingerprint density at radius 1 is 0.714 bits per heavy atom. The number of carboxylic acids is 2. The summed E-state index contributed by atoms with van der Waals surface area (Å²) in [6.45, 7) is 0. The number of aromatic nitrogens is 3. The van der Waals surface area contributed by atoms with E-state index in [1.807, 2.05) is 0 Å². The zero-order valence-electron chi connectivity index (χ0n) is 18.2. The molecule has 0 amide bonds. The molecule has 5 rings (SSSR count). The van der Waals surface area contributed by atoms with Gasteiger partial charge >= 0.3 is 11.9 Å².